The number of rotatable bonds is 10. The molecule has 2 aromatic heterocycles. The van der Waals surface area contributed by atoms with Gasteiger partial charge in [-0.25, -0.2) is 13.4 Å². The lowest BCUT2D eigenvalue weighted by atomic mass is 10.1. The van der Waals surface area contributed by atoms with Crippen molar-refractivity contribution in [2.45, 2.75) is 13.5 Å². The number of sulfonamides is 1. The van der Waals surface area contributed by atoms with E-state index in [1.54, 1.807) is 49.5 Å². The van der Waals surface area contributed by atoms with Crippen molar-refractivity contribution in [3.8, 4) is 17.0 Å². The summed E-state index contributed by atoms with van der Waals surface area (Å²) in [5, 5.41) is 10.1. The van der Waals surface area contributed by atoms with Gasteiger partial charge in [-0.05, 0) is 36.8 Å². The second-order valence-electron chi connectivity index (χ2n) is 7.52. The first-order chi connectivity index (χ1) is 16.9. The molecule has 0 radical (unpaired) electrons. The number of nitrogens with one attached hydrogen (secondary N) is 3. The second kappa shape index (κ2) is 10.3. The molecule has 0 aliphatic carbocycles. The molecule has 0 saturated heterocycles. The smallest absolute Gasteiger partial charge is 0.254 e. The number of pyridine rings is 1. The van der Waals surface area contributed by atoms with E-state index in [0.717, 1.165) is 5.56 Å². The fourth-order valence-electron chi connectivity index (χ4n) is 3.29. The van der Waals surface area contributed by atoms with Gasteiger partial charge in [0, 0.05) is 11.8 Å². The molecule has 0 saturated carbocycles. The summed E-state index contributed by atoms with van der Waals surface area (Å²) in [6.45, 7) is 1.75. The highest BCUT2D eigenvalue weighted by atomic mass is 32.2. The highest BCUT2D eigenvalue weighted by Crippen LogP contribution is 2.35. The Balaban J connectivity index is 1.72. The predicted molar refractivity (Wildman–Crippen MR) is 134 cm³/mol. The molecule has 0 spiro atoms. The zero-order valence-electron chi connectivity index (χ0n) is 18.9. The van der Waals surface area contributed by atoms with Crippen LogP contribution in [-0.2, 0) is 16.6 Å². The van der Waals surface area contributed by atoms with E-state index in [1.807, 2.05) is 30.3 Å². The highest BCUT2D eigenvalue weighted by molar-refractivity contribution is 7.92. The van der Waals surface area contributed by atoms with Crippen molar-refractivity contribution in [1.82, 2.24) is 15.2 Å². The fourth-order valence-corrected chi connectivity index (χ4v) is 3.94. The van der Waals surface area contributed by atoms with Crippen molar-refractivity contribution in [2.75, 3.05) is 15.8 Å². The van der Waals surface area contributed by atoms with Crippen LogP contribution in [0.15, 0.2) is 72.9 Å². The van der Waals surface area contributed by atoms with Crippen LogP contribution in [0.3, 0.4) is 0 Å². The zero-order valence-corrected chi connectivity index (χ0v) is 19.7. The van der Waals surface area contributed by atoms with E-state index in [9.17, 15) is 13.2 Å². The summed E-state index contributed by atoms with van der Waals surface area (Å²) < 4.78 is 32.9. The average molecular weight is 493 g/mol. The van der Waals surface area contributed by atoms with E-state index in [-0.39, 0.29) is 40.9 Å². The van der Waals surface area contributed by atoms with Crippen LogP contribution in [0.1, 0.15) is 22.8 Å². The third kappa shape index (κ3) is 5.76. The Bertz CT molecular complexity index is 1420. The molecule has 4 rings (SSSR count). The van der Waals surface area contributed by atoms with Gasteiger partial charge < -0.3 is 15.8 Å². The molecule has 0 atom stereocenters. The van der Waals surface area contributed by atoms with Crippen LogP contribution in [-0.4, -0.2) is 35.3 Å². The predicted octanol–water partition coefficient (Wildman–Crippen LogP) is 3.65. The maximum Gasteiger partial charge on any atom is 0.254 e. The maximum atomic E-state index is 12.3. The minimum atomic E-state index is -3.55. The monoisotopic (exact) mass is 492 g/mol. The van der Waals surface area contributed by atoms with Gasteiger partial charge in [-0.1, -0.05) is 42.5 Å². The second-order valence-corrected chi connectivity index (χ2v) is 9.53. The molecule has 11 heteroatoms. The molecular formula is C24H24N6O4S. The van der Waals surface area contributed by atoms with Crippen LogP contribution in [0.2, 0.25) is 0 Å². The molecule has 35 heavy (non-hydrogen) atoms. The number of carbonyl (C=O) groups is 1. The summed E-state index contributed by atoms with van der Waals surface area (Å²) in [6.07, 6.45) is 1.61. The van der Waals surface area contributed by atoms with Crippen molar-refractivity contribution in [3.63, 3.8) is 0 Å². The number of benzene rings is 2. The summed E-state index contributed by atoms with van der Waals surface area (Å²) in [5.74, 6) is 0.270. The minimum Gasteiger partial charge on any atom is -0.487 e. The van der Waals surface area contributed by atoms with Crippen molar-refractivity contribution < 1.29 is 17.9 Å². The molecule has 0 fully saturated rings. The number of aromatic nitrogens is 3. The van der Waals surface area contributed by atoms with Gasteiger partial charge in [0.05, 0.1) is 11.4 Å². The molecule has 2 heterocycles. The molecular weight excluding hydrogens is 468 g/mol. The number of amides is 1. The summed E-state index contributed by atoms with van der Waals surface area (Å²) in [5.41, 5.74) is 7.77. The van der Waals surface area contributed by atoms with E-state index < -0.39 is 15.9 Å². The van der Waals surface area contributed by atoms with Crippen LogP contribution >= 0.6 is 0 Å². The topological polar surface area (TPSA) is 152 Å². The number of aromatic amines is 1. The normalized spacial score (nSPS) is 11.1. The molecule has 180 valence electrons. The van der Waals surface area contributed by atoms with Gasteiger partial charge in [0.15, 0.2) is 0 Å². The van der Waals surface area contributed by atoms with Crippen LogP contribution < -0.4 is 20.5 Å². The lowest BCUT2D eigenvalue weighted by Gasteiger charge is -2.15. The summed E-state index contributed by atoms with van der Waals surface area (Å²) in [6, 6.07) is 19.6. The van der Waals surface area contributed by atoms with E-state index in [0.29, 0.717) is 11.4 Å². The Labute approximate surface area is 202 Å². The van der Waals surface area contributed by atoms with Crippen LogP contribution in [0.25, 0.3) is 11.3 Å². The number of primary amides is 1. The van der Waals surface area contributed by atoms with Gasteiger partial charge in [-0.15, -0.1) is 0 Å². The molecule has 0 aliphatic heterocycles. The number of nitrogens with two attached hydrogens (primary N) is 1. The van der Waals surface area contributed by atoms with Crippen molar-refractivity contribution in [1.29, 1.82) is 0 Å². The van der Waals surface area contributed by atoms with Crippen molar-refractivity contribution in [3.05, 3.63) is 84.1 Å². The van der Waals surface area contributed by atoms with Gasteiger partial charge in [-0.3, -0.25) is 14.6 Å². The van der Waals surface area contributed by atoms with Gasteiger partial charge in [0.1, 0.15) is 35.2 Å². The molecule has 5 N–H and O–H groups in total. The quantitative estimate of drug-likeness (QED) is 0.264. The SMILES string of the molecule is CCS(=O)(=O)Nc1ccc(-c2n[nH]c(Nc3ccccn3)c2C(N)=O)cc1OCc1ccccc1. The highest BCUT2D eigenvalue weighted by Gasteiger charge is 2.22. The van der Waals surface area contributed by atoms with Crippen molar-refractivity contribution >= 4 is 33.3 Å². The average Bonchev–Trinajstić information content (AvgIpc) is 3.28. The van der Waals surface area contributed by atoms with Gasteiger partial charge >= 0.3 is 0 Å². The third-order valence-electron chi connectivity index (χ3n) is 5.07. The largest absolute Gasteiger partial charge is 0.487 e. The number of hydrogen-bond donors (Lipinski definition) is 4. The van der Waals surface area contributed by atoms with Gasteiger partial charge in [0.25, 0.3) is 5.91 Å². The van der Waals surface area contributed by atoms with Gasteiger partial charge in [-0.2, -0.15) is 5.10 Å². The first-order valence-electron chi connectivity index (χ1n) is 10.7. The lowest BCUT2D eigenvalue weighted by Crippen LogP contribution is -2.15. The van der Waals surface area contributed by atoms with Crippen LogP contribution in [0, 0.1) is 0 Å². The molecule has 1 amide bonds. The van der Waals surface area contributed by atoms with E-state index in [2.05, 4.69) is 25.2 Å². The Morgan fingerprint density at radius 3 is 2.54 bits per heavy atom. The van der Waals surface area contributed by atoms with E-state index >= 15 is 0 Å². The molecule has 0 unspecified atom stereocenters. The van der Waals surface area contributed by atoms with Gasteiger partial charge in [0.2, 0.25) is 10.0 Å². The third-order valence-corrected chi connectivity index (χ3v) is 6.36. The maximum absolute atomic E-state index is 12.3. The zero-order chi connectivity index (χ0) is 24.8. The van der Waals surface area contributed by atoms with E-state index in [1.165, 1.54) is 0 Å². The summed E-state index contributed by atoms with van der Waals surface area (Å²) in [4.78, 5) is 16.5. The number of carbonyl (C=O) groups excluding carboxylic acids is 1. The number of hydrogen-bond acceptors (Lipinski definition) is 7. The number of nitrogens with zero attached hydrogens (tertiary/aromatic N) is 2. The molecule has 4 aromatic rings. The molecule has 0 aliphatic rings. The number of H-pyrrole nitrogens is 1. The standard InChI is InChI=1S/C24H24N6O4S/c1-2-35(32,33)30-18-12-11-17(14-19(18)34-15-16-8-4-3-5-9-16)22-21(23(25)31)24(29-28-22)27-20-10-6-7-13-26-20/h3-14,30H,2,15H2,1H3,(H2,25,31)(H2,26,27,28,29). The van der Waals surface area contributed by atoms with E-state index in [4.69, 9.17) is 10.5 Å². The van der Waals surface area contributed by atoms with Crippen LogP contribution in [0.4, 0.5) is 17.3 Å². The lowest BCUT2D eigenvalue weighted by molar-refractivity contribution is 0.100. The van der Waals surface area contributed by atoms with Crippen LogP contribution in [0.5, 0.6) is 5.75 Å². The Morgan fingerprint density at radius 2 is 1.86 bits per heavy atom. The Kier molecular flexibility index (Phi) is 6.97. The first kappa shape index (κ1) is 23.8. The summed E-state index contributed by atoms with van der Waals surface area (Å²) in [7, 11) is -3.55. The Hall–Kier alpha value is -4.38. The molecule has 2 aromatic carbocycles. The molecule has 10 nitrogen and oxygen atoms in total. The molecule has 0 bridgehead atoms. The minimum absolute atomic E-state index is 0.0966. The number of ether oxygens (including phenoxy) is 1. The fraction of sp³-hybridized carbons (Fsp3) is 0.125. The first-order valence-corrected chi connectivity index (χ1v) is 12.4. The summed E-state index contributed by atoms with van der Waals surface area (Å²) >= 11 is 0. The number of anilines is 3. The Morgan fingerprint density at radius 1 is 1.09 bits per heavy atom. The van der Waals surface area contributed by atoms with Crippen molar-refractivity contribution in [2.24, 2.45) is 5.73 Å².